The van der Waals surface area contributed by atoms with Crippen LogP contribution in [0.5, 0.6) is 0 Å². The molecule has 0 radical (unpaired) electrons. The Morgan fingerprint density at radius 2 is 1.45 bits per heavy atom. The maximum absolute atomic E-state index is 12.9. The molecule has 2 atom stereocenters. The van der Waals surface area contributed by atoms with Gasteiger partial charge in [-0.05, 0) is 105 Å². The smallest absolute Gasteiger partial charge is 0.191 e. The third-order valence-electron chi connectivity index (χ3n) is 6.97. The lowest BCUT2D eigenvalue weighted by atomic mass is 9.77. The van der Waals surface area contributed by atoms with Crippen LogP contribution in [-0.2, 0) is 14.3 Å². The van der Waals surface area contributed by atoms with Gasteiger partial charge in [-0.1, -0.05) is 34.9 Å². The van der Waals surface area contributed by atoms with Gasteiger partial charge in [0, 0.05) is 12.0 Å². The predicted molar refractivity (Wildman–Crippen MR) is 129 cm³/mol. The molecule has 0 aromatic rings. The third-order valence-corrected chi connectivity index (χ3v) is 6.97. The predicted octanol–water partition coefficient (Wildman–Crippen LogP) is 7.37. The summed E-state index contributed by atoms with van der Waals surface area (Å²) in [6.07, 6.45) is 14.9. The molecular weight excluding hydrogens is 384 g/mol. The fourth-order valence-corrected chi connectivity index (χ4v) is 4.66. The lowest BCUT2D eigenvalue weighted by Gasteiger charge is -2.35. The standard InChI is InChI=1S/C28H42O3/c1-20(2)11-8-12-21(3)13-9-14-22(4)15-10-16-27(7)17-18-28(31-27)19-25(29)23(5)24(6)26(28)30/h11,13,15H,8-10,12,14,16-19H2,1-7H3/b21-13+,22-15+. The molecule has 1 aliphatic carbocycles. The average molecular weight is 427 g/mol. The van der Waals surface area contributed by atoms with Crippen molar-refractivity contribution in [2.45, 2.75) is 117 Å². The number of carbonyl (C=O) groups is 2. The number of ketones is 2. The first-order valence-electron chi connectivity index (χ1n) is 11.9. The van der Waals surface area contributed by atoms with Crippen molar-refractivity contribution in [3.63, 3.8) is 0 Å². The van der Waals surface area contributed by atoms with Crippen molar-refractivity contribution in [1.29, 1.82) is 0 Å². The Bertz CT molecular complexity index is 819. The van der Waals surface area contributed by atoms with Gasteiger partial charge < -0.3 is 4.74 Å². The molecule has 1 saturated heterocycles. The lowest BCUT2D eigenvalue weighted by molar-refractivity contribution is -0.155. The highest BCUT2D eigenvalue weighted by Crippen LogP contribution is 2.46. The van der Waals surface area contributed by atoms with Gasteiger partial charge >= 0.3 is 0 Å². The summed E-state index contributed by atoms with van der Waals surface area (Å²) in [5, 5.41) is 0. The summed E-state index contributed by atoms with van der Waals surface area (Å²) >= 11 is 0. The zero-order valence-corrected chi connectivity index (χ0v) is 20.8. The summed E-state index contributed by atoms with van der Waals surface area (Å²) in [7, 11) is 0. The normalized spacial score (nSPS) is 27.5. The molecule has 1 fully saturated rings. The highest BCUT2D eigenvalue weighted by molar-refractivity contribution is 6.15. The summed E-state index contributed by atoms with van der Waals surface area (Å²) in [5.74, 6) is 0.0769. The first-order valence-corrected chi connectivity index (χ1v) is 11.9. The number of hydrogen-bond donors (Lipinski definition) is 0. The lowest BCUT2D eigenvalue weighted by Crippen LogP contribution is -2.46. The van der Waals surface area contributed by atoms with E-state index in [0.29, 0.717) is 17.6 Å². The Morgan fingerprint density at radius 1 is 0.871 bits per heavy atom. The molecule has 172 valence electrons. The van der Waals surface area contributed by atoms with Gasteiger partial charge in [0.25, 0.3) is 0 Å². The molecule has 3 heteroatoms. The van der Waals surface area contributed by atoms with Crippen LogP contribution in [0.3, 0.4) is 0 Å². The van der Waals surface area contributed by atoms with E-state index in [4.69, 9.17) is 4.74 Å². The minimum Gasteiger partial charge on any atom is -0.360 e. The largest absolute Gasteiger partial charge is 0.360 e. The molecule has 1 heterocycles. The molecule has 0 aromatic carbocycles. The first-order chi connectivity index (χ1) is 14.5. The van der Waals surface area contributed by atoms with Crippen LogP contribution in [0.15, 0.2) is 46.1 Å². The highest BCUT2D eigenvalue weighted by atomic mass is 16.5. The quantitative estimate of drug-likeness (QED) is 0.361. The molecule has 0 bridgehead atoms. The molecule has 3 nitrogen and oxygen atoms in total. The molecule has 2 unspecified atom stereocenters. The summed E-state index contributed by atoms with van der Waals surface area (Å²) in [4.78, 5) is 25.2. The molecule has 1 spiro atoms. The van der Waals surface area contributed by atoms with E-state index in [1.54, 1.807) is 13.8 Å². The van der Waals surface area contributed by atoms with Crippen molar-refractivity contribution < 1.29 is 14.3 Å². The van der Waals surface area contributed by atoms with Crippen LogP contribution in [0, 0.1) is 0 Å². The van der Waals surface area contributed by atoms with Gasteiger partial charge in [-0.15, -0.1) is 0 Å². The molecule has 0 amide bonds. The van der Waals surface area contributed by atoms with Gasteiger partial charge in [0.2, 0.25) is 0 Å². The second-order valence-electron chi connectivity index (χ2n) is 10.2. The van der Waals surface area contributed by atoms with Gasteiger partial charge in [-0.2, -0.15) is 0 Å². The summed E-state index contributed by atoms with van der Waals surface area (Å²) in [5.41, 5.74) is 4.20. The molecule has 0 N–H and O–H groups in total. The van der Waals surface area contributed by atoms with Crippen LogP contribution >= 0.6 is 0 Å². The number of rotatable bonds is 9. The van der Waals surface area contributed by atoms with Gasteiger partial charge in [0.15, 0.2) is 11.6 Å². The SMILES string of the molecule is CC(C)=CCC/C(C)=C/CC/C(C)=C/CCC1(C)CCC2(CC(=O)C(C)=C(C)C2=O)O1. The fourth-order valence-electron chi connectivity index (χ4n) is 4.66. The van der Waals surface area contributed by atoms with Gasteiger partial charge in [0.1, 0.15) is 5.60 Å². The molecule has 2 rings (SSSR count). The third kappa shape index (κ3) is 6.87. The molecule has 0 aromatic heterocycles. The van der Waals surface area contributed by atoms with Crippen LogP contribution in [0.25, 0.3) is 0 Å². The van der Waals surface area contributed by atoms with E-state index in [2.05, 4.69) is 52.8 Å². The Kier molecular flexibility index (Phi) is 8.83. The maximum atomic E-state index is 12.9. The van der Waals surface area contributed by atoms with Gasteiger partial charge in [-0.25, -0.2) is 0 Å². The van der Waals surface area contributed by atoms with E-state index >= 15 is 0 Å². The van der Waals surface area contributed by atoms with E-state index in [1.807, 2.05) is 0 Å². The molecule has 1 aliphatic heterocycles. The molecule has 0 saturated carbocycles. The minimum atomic E-state index is -0.915. The number of carbonyl (C=O) groups excluding carboxylic acids is 2. The van der Waals surface area contributed by atoms with Crippen molar-refractivity contribution in [3.05, 3.63) is 46.1 Å². The van der Waals surface area contributed by atoms with E-state index in [0.717, 1.165) is 44.9 Å². The molecular formula is C28H42O3. The highest BCUT2D eigenvalue weighted by Gasteiger charge is 2.54. The van der Waals surface area contributed by atoms with E-state index < -0.39 is 5.60 Å². The number of ether oxygens (including phenoxy) is 1. The van der Waals surface area contributed by atoms with Gasteiger partial charge in [0.05, 0.1) is 5.60 Å². The number of hydrogen-bond acceptors (Lipinski definition) is 3. The molecule has 2 aliphatic rings. The zero-order valence-electron chi connectivity index (χ0n) is 20.8. The van der Waals surface area contributed by atoms with Crippen LogP contribution in [0.4, 0.5) is 0 Å². The Balaban J connectivity index is 1.83. The number of Topliss-reactive ketones (excluding diaryl/α,β-unsaturated/α-hetero) is 2. The Labute approximate surface area is 189 Å². The molecule has 31 heavy (non-hydrogen) atoms. The van der Waals surface area contributed by atoms with E-state index in [-0.39, 0.29) is 23.6 Å². The van der Waals surface area contributed by atoms with Crippen molar-refractivity contribution in [3.8, 4) is 0 Å². The Hall–Kier alpha value is -1.74. The van der Waals surface area contributed by atoms with E-state index in [1.165, 1.54) is 16.7 Å². The monoisotopic (exact) mass is 426 g/mol. The van der Waals surface area contributed by atoms with Gasteiger partial charge in [-0.3, -0.25) is 9.59 Å². The fraction of sp³-hybridized carbons (Fsp3) is 0.643. The van der Waals surface area contributed by atoms with E-state index in [9.17, 15) is 9.59 Å². The summed E-state index contributed by atoms with van der Waals surface area (Å²) < 4.78 is 6.38. The first kappa shape index (κ1) is 25.5. The second-order valence-corrected chi connectivity index (χ2v) is 10.2. The minimum absolute atomic E-state index is 0.0202. The van der Waals surface area contributed by atoms with Crippen molar-refractivity contribution >= 4 is 11.6 Å². The second kappa shape index (κ2) is 10.7. The van der Waals surface area contributed by atoms with Crippen molar-refractivity contribution in [2.75, 3.05) is 0 Å². The van der Waals surface area contributed by atoms with Crippen LogP contribution < -0.4 is 0 Å². The Morgan fingerprint density at radius 3 is 2.06 bits per heavy atom. The van der Waals surface area contributed by atoms with Crippen molar-refractivity contribution in [2.24, 2.45) is 0 Å². The maximum Gasteiger partial charge on any atom is 0.191 e. The zero-order chi connectivity index (χ0) is 23.2. The number of allylic oxidation sites excluding steroid dienone is 7. The summed E-state index contributed by atoms with van der Waals surface area (Å²) in [6, 6.07) is 0. The van der Waals surface area contributed by atoms with Crippen LogP contribution in [0.2, 0.25) is 0 Å². The topological polar surface area (TPSA) is 43.4 Å². The van der Waals surface area contributed by atoms with Crippen molar-refractivity contribution in [1.82, 2.24) is 0 Å². The average Bonchev–Trinajstić information content (AvgIpc) is 3.02. The van der Waals surface area contributed by atoms with Crippen LogP contribution in [0.1, 0.15) is 106 Å². The van der Waals surface area contributed by atoms with Crippen LogP contribution in [-0.4, -0.2) is 22.8 Å². The summed E-state index contributed by atoms with van der Waals surface area (Å²) in [6.45, 7) is 14.3.